The molecule has 2 aromatic heterocycles. The van der Waals surface area contributed by atoms with Crippen LogP contribution in [0.1, 0.15) is 5.82 Å². The van der Waals surface area contributed by atoms with Crippen LogP contribution in [0.25, 0.3) is 11.5 Å². The smallest absolute Gasteiger partial charge is 0.263 e. The van der Waals surface area contributed by atoms with Gasteiger partial charge in [-0.1, -0.05) is 5.16 Å². The van der Waals surface area contributed by atoms with E-state index in [-0.39, 0.29) is 0 Å². The fourth-order valence-electron chi connectivity index (χ4n) is 1.45. The molecule has 0 aliphatic carbocycles. The predicted molar refractivity (Wildman–Crippen MR) is 63.4 cm³/mol. The zero-order valence-corrected chi connectivity index (χ0v) is 10.4. The van der Waals surface area contributed by atoms with Crippen molar-refractivity contribution in [2.45, 2.75) is 6.54 Å². The summed E-state index contributed by atoms with van der Waals surface area (Å²) >= 11 is 0. The molecule has 2 rings (SSSR count). The molecule has 0 aliphatic heterocycles. The summed E-state index contributed by atoms with van der Waals surface area (Å²) < 4.78 is 15.4. The lowest BCUT2D eigenvalue weighted by Gasteiger charge is -2.05. The van der Waals surface area contributed by atoms with E-state index in [2.05, 4.69) is 20.4 Å². The van der Waals surface area contributed by atoms with Crippen LogP contribution in [0.3, 0.4) is 0 Å². The van der Waals surface area contributed by atoms with Crippen LogP contribution in [0.4, 0.5) is 0 Å². The average Bonchev–Trinajstić information content (AvgIpc) is 2.87. The van der Waals surface area contributed by atoms with Gasteiger partial charge in [0.15, 0.2) is 5.82 Å². The molecule has 1 N–H and O–H groups in total. The molecule has 0 unspecified atom stereocenters. The molecule has 7 nitrogen and oxygen atoms in total. The van der Waals surface area contributed by atoms with Gasteiger partial charge in [0, 0.05) is 6.07 Å². The Morgan fingerprint density at radius 3 is 2.72 bits per heavy atom. The Kier molecular flexibility index (Phi) is 3.73. The minimum absolute atomic E-state index is 0.368. The molecule has 7 heteroatoms. The van der Waals surface area contributed by atoms with Crippen molar-refractivity contribution in [3.63, 3.8) is 0 Å². The summed E-state index contributed by atoms with van der Waals surface area (Å²) in [7, 11) is 4.88. The van der Waals surface area contributed by atoms with Crippen molar-refractivity contribution in [3.05, 3.63) is 18.0 Å². The van der Waals surface area contributed by atoms with Crippen LogP contribution in [0.15, 0.2) is 16.7 Å². The quantitative estimate of drug-likeness (QED) is 0.842. The van der Waals surface area contributed by atoms with Crippen molar-refractivity contribution in [2.75, 3.05) is 21.3 Å². The van der Waals surface area contributed by atoms with E-state index in [0.29, 0.717) is 35.6 Å². The van der Waals surface area contributed by atoms with Gasteiger partial charge >= 0.3 is 0 Å². The first-order valence-electron chi connectivity index (χ1n) is 5.35. The van der Waals surface area contributed by atoms with Gasteiger partial charge in [0.2, 0.25) is 11.8 Å². The van der Waals surface area contributed by atoms with Crippen LogP contribution in [-0.2, 0) is 6.54 Å². The molecule has 0 saturated heterocycles. The molecule has 18 heavy (non-hydrogen) atoms. The first-order chi connectivity index (χ1) is 8.78. The maximum atomic E-state index is 5.18. The summed E-state index contributed by atoms with van der Waals surface area (Å²) in [6.07, 6.45) is 0. The molecule has 0 aromatic carbocycles. The number of nitrogens with one attached hydrogen (secondary N) is 1. The lowest BCUT2D eigenvalue weighted by Crippen LogP contribution is -2.06. The van der Waals surface area contributed by atoms with E-state index in [1.807, 2.05) is 7.05 Å². The minimum atomic E-state index is 0.368. The van der Waals surface area contributed by atoms with E-state index in [1.54, 1.807) is 19.2 Å². The molecular weight excluding hydrogens is 236 g/mol. The molecule has 0 spiro atoms. The van der Waals surface area contributed by atoms with Crippen LogP contribution in [0.5, 0.6) is 11.8 Å². The van der Waals surface area contributed by atoms with Gasteiger partial charge in [0.05, 0.1) is 20.8 Å². The van der Waals surface area contributed by atoms with E-state index in [0.717, 1.165) is 0 Å². The number of hydrogen-bond donors (Lipinski definition) is 1. The van der Waals surface area contributed by atoms with E-state index >= 15 is 0 Å². The zero-order valence-electron chi connectivity index (χ0n) is 10.4. The fraction of sp³-hybridized carbons (Fsp3) is 0.364. The van der Waals surface area contributed by atoms with Gasteiger partial charge in [-0.15, -0.1) is 0 Å². The molecule has 2 heterocycles. The van der Waals surface area contributed by atoms with Crippen molar-refractivity contribution >= 4 is 0 Å². The summed E-state index contributed by atoms with van der Waals surface area (Å²) in [5.41, 5.74) is 0.633. The lowest BCUT2D eigenvalue weighted by molar-refractivity contribution is 0.362. The maximum Gasteiger partial charge on any atom is 0.263 e. The third-order valence-corrected chi connectivity index (χ3v) is 2.27. The Morgan fingerprint density at radius 1 is 1.22 bits per heavy atom. The van der Waals surface area contributed by atoms with Crippen LogP contribution in [-0.4, -0.2) is 36.4 Å². The number of methoxy groups -OCH3 is 2. The second kappa shape index (κ2) is 5.46. The Hall–Kier alpha value is -2.15. The first-order valence-corrected chi connectivity index (χ1v) is 5.35. The average molecular weight is 250 g/mol. The van der Waals surface area contributed by atoms with Crippen LogP contribution in [0.2, 0.25) is 0 Å². The summed E-state index contributed by atoms with van der Waals surface area (Å²) in [6.45, 7) is 0.537. The van der Waals surface area contributed by atoms with Crippen LogP contribution >= 0.6 is 0 Å². The molecular formula is C11H14N4O3. The Bertz CT molecular complexity index is 527. The maximum absolute atomic E-state index is 5.18. The molecule has 0 amide bonds. The van der Waals surface area contributed by atoms with Crippen molar-refractivity contribution in [1.82, 2.24) is 20.4 Å². The topological polar surface area (TPSA) is 82.3 Å². The molecule has 0 bridgehead atoms. The summed E-state index contributed by atoms with van der Waals surface area (Å²) in [6, 6.07) is 3.47. The van der Waals surface area contributed by atoms with Crippen molar-refractivity contribution < 1.29 is 14.0 Å². The standard InChI is InChI=1S/C11H14N4O3/c1-12-6-8-13-11(18-15-8)7-4-5-9(16-2)14-10(7)17-3/h4-5,12H,6H2,1-3H3. The van der Waals surface area contributed by atoms with Gasteiger partial charge in [-0.2, -0.15) is 9.97 Å². The summed E-state index contributed by atoms with van der Waals surface area (Å²) in [4.78, 5) is 8.39. The van der Waals surface area contributed by atoms with Gasteiger partial charge in [0.25, 0.3) is 5.89 Å². The molecule has 0 saturated carbocycles. The van der Waals surface area contributed by atoms with E-state index in [1.165, 1.54) is 7.11 Å². The molecule has 0 radical (unpaired) electrons. The van der Waals surface area contributed by atoms with E-state index in [9.17, 15) is 0 Å². The highest BCUT2D eigenvalue weighted by Crippen LogP contribution is 2.28. The molecule has 0 aliphatic rings. The van der Waals surface area contributed by atoms with Gasteiger partial charge in [-0.05, 0) is 13.1 Å². The highest BCUT2D eigenvalue weighted by molar-refractivity contribution is 5.60. The zero-order chi connectivity index (χ0) is 13.0. The van der Waals surface area contributed by atoms with Gasteiger partial charge in [-0.3, -0.25) is 0 Å². The third kappa shape index (κ3) is 2.40. The van der Waals surface area contributed by atoms with E-state index < -0.39 is 0 Å². The van der Waals surface area contributed by atoms with Crippen molar-refractivity contribution in [3.8, 4) is 23.2 Å². The second-order valence-electron chi connectivity index (χ2n) is 3.46. The number of pyridine rings is 1. The van der Waals surface area contributed by atoms with Gasteiger partial charge < -0.3 is 19.3 Å². The minimum Gasteiger partial charge on any atom is -0.481 e. The van der Waals surface area contributed by atoms with E-state index in [4.69, 9.17) is 14.0 Å². The fourth-order valence-corrected chi connectivity index (χ4v) is 1.45. The van der Waals surface area contributed by atoms with Crippen molar-refractivity contribution in [1.29, 1.82) is 0 Å². The van der Waals surface area contributed by atoms with Crippen LogP contribution < -0.4 is 14.8 Å². The summed E-state index contributed by atoms with van der Waals surface area (Å²) in [5.74, 6) is 1.79. The summed E-state index contributed by atoms with van der Waals surface area (Å²) in [5, 5.41) is 6.78. The molecule has 0 atom stereocenters. The molecule has 0 fully saturated rings. The first kappa shape index (κ1) is 12.3. The van der Waals surface area contributed by atoms with Crippen LogP contribution in [0, 0.1) is 0 Å². The lowest BCUT2D eigenvalue weighted by atomic mass is 10.2. The highest BCUT2D eigenvalue weighted by atomic mass is 16.5. The Labute approximate surface area is 104 Å². The molecule has 96 valence electrons. The van der Waals surface area contributed by atoms with Crippen molar-refractivity contribution in [2.24, 2.45) is 0 Å². The largest absolute Gasteiger partial charge is 0.481 e. The Morgan fingerprint density at radius 2 is 2.06 bits per heavy atom. The number of hydrogen-bond acceptors (Lipinski definition) is 7. The second-order valence-corrected chi connectivity index (χ2v) is 3.46. The highest BCUT2D eigenvalue weighted by Gasteiger charge is 2.15. The normalized spacial score (nSPS) is 10.4. The Balaban J connectivity index is 2.36. The number of rotatable bonds is 5. The number of ether oxygens (including phenoxy) is 2. The van der Waals surface area contributed by atoms with Gasteiger partial charge in [-0.25, -0.2) is 0 Å². The third-order valence-electron chi connectivity index (χ3n) is 2.27. The molecule has 2 aromatic rings. The number of nitrogens with zero attached hydrogens (tertiary/aromatic N) is 3. The monoisotopic (exact) mass is 250 g/mol. The SMILES string of the molecule is CNCc1noc(-c2ccc(OC)nc2OC)n1. The number of aromatic nitrogens is 3. The van der Waals surface area contributed by atoms with Gasteiger partial charge in [0.1, 0.15) is 5.56 Å². The predicted octanol–water partition coefficient (Wildman–Crippen LogP) is 0.868.